The summed E-state index contributed by atoms with van der Waals surface area (Å²) in [4.78, 5) is 14.0. The maximum Gasteiger partial charge on any atom is 0.323 e. The Balaban J connectivity index is 0. The highest BCUT2D eigenvalue weighted by molar-refractivity contribution is 5.85. The maximum absolute atomic E-state index is 11.7. The van der Waals surface area contributed by atoms with Crippen LogP contribution in [0.15, 0.2) is 0 Å². The third-order valence-electron chi connectivity index (χ3n) is 2.98. The number of carbonyl (C=O) groups is 1. The SMILES string of the molecule is COC(=O)C(C(C)C)N1CCNC[C@H]1C.Cl.Cl. The third-order valence-corrected chi connectivity index (χ3v) is 2.98. The van der Waals surface area contributed by atoms with Crippen LogP contribution in [0.25, 0.3) is 0 Å². The molecule has 1 aliphatic heterocycles. The molecule has 0 aromatic rings. The average molecular weight is 287 g/mol. The number of rotatable bonds is 3. The van der Waals surface area contributed by atoms with E-state index in [-0.39, 0.29) is 42.7 Å². The molecule has 1 rings (SSSR count). The average Bonchev–Trinajstić information content (AvgIpc) is 2.20. The topological polar surface area (TPSA) is 41.6 Å². The van der Waals surface area contributed by atoms with Crippen molar-refractivity contribution in [2.24, 2.45) is 5.92 Å². The predicted octanol–water partition coefficient (Wildman–Crippen LogP) is 1.32. The van der Waals surface area contributed by atoms with Crippen LogP contribution in [0.3, 0.4) is 0 Å². The zero-order valence-electron chi connectivity index (χ0n) is 10.9. The lowest BCUT2D eigenvalue weighted by Crippen LogP contribution is -2.57. The fourth-order valence-electron chi connectivity index (χ4n) is 2.18. The van der Waals surface area contributed by atoms with Crippen LogP contribution in [0.4, 0.5) is 0 Å². The molecule has 1 heterocycles. The Bertz CT molecular complexity index is 228. The minimum absolute atomic E-state index is 0. The van der Waals surface area contributed by atoms with E-state index >= 15 is 0 Å². The molecule has 0 aliphatic carbocycles. The number of esters is 1. The molecular formula is C11H24Cl2N2O2. The summed E-state index contributed by atoms with van der Waals surface area (Å²) in [5.74, 6) is 0.178. The predicted molar refractivity (Wildman–Crippen MR) is 74.2 cm³/mol. The molecule has 0 aromatic heterocycles. The van der Waals surface area contributed by atoms with Crippen molar-refractivity contribution in [2.45, 2.75) is 32.9 Å². The van der Waals surface area contributed by atoms with Crippen molar-refractivity contribution in [3.05, 3.63) is 0 Å². The van der Waals surface area contributed by atoms with Crippen molar-refractivity contribution in [3.8, 4) is 0 Å². The molecule has 1 saturated heterocycles. The van der Waals surface area contributed by atoms with Crippen LogP contribution < -0.4 is 5.32 Å². The summed E-state index contributed by atoms with van der Waals surface area (Å²) < 4.78 is 4.87. The van der Waals surface area contributed by atoms with Gasteiger partial charge in [0.2, 0.25) is 0 Å². The fraction of sp³-hybridized carbons (Fsp3) is 0.909. The van der Waals surface area contributed by atoms with Crippen LogP contribution in [0, 0.1) is 5.92 Å². The molecule has 0 bridgehead atoms. The summed E-state index contributed by atoms with van der Waals surface area (Å²) in [6, 6.07) is 0.289. The van der Waals surface area contributed by atoms with Gasteiger partial charge in [0.25, 0.3) is 0 Å². The van der Waals surface area contributed by atoms with E-state index in [9.17, 15) is 4.79 Å². The minimum atomic E-state index is -0.112. The fourth-order valence-corrected chi connectivity index (χ4v) is 2.18. The van der Waals surface area contributed by atoms with Crippen molar-refractivity contribution >= 4 is 30.8 Å². The second kappa shape index (κ2) is 8.97. The van der Waals surface area contributed by atoms with Gasteiger partial charge in [-0.05, 0) is 12.8 Å². The van der Waals surface area contributed by atoms with Gasteiger partial charge in [0, 0.05) is 25.7 Å². The summed E-state index contributed by atoms with van der Waals surface area (Å²) in [5.41, 5.74) is 0. The number of nitrogens with zero attached hydrogens (tertiary/aromatic N) is 1. The van der Waals surface area contributed by atoms with Crippen LogP contribution in [0.5, 0.6) is 0 Å². The molecular weight excluding hydrogens is 263 g/mol. The van der Waals surface area contributed by atoms with Crippen LogP contribution in [-0.2, 0) is 9.53 Å². The van der Waals surface area contributed by atoms with Gasteiger partial charge < -0.3 is 10.1 Å². The Labute approximate surface area is 116 Å². The van der Waals surface area contributed by atoms with Gasteiger partial charge >= 0.3 is 5.97 Å². The molecule has 17 heavy (non-hydrogen) atoms. The Morgan fingerprint density at radius 1 is 1.41 bits per heavy atom. The Morgan fingerprint density at radius 3 is 2.41 bits per heavy atom. The van der Waals surface area contributed by atoms with Crippen molar-refractivity contribution < 1.29 is 9.53 Å². The van der Waals surface area contributed by atoms with Crippen LogP contribution in [0.1, 0.15) is 20.8 Å². The van der Waals surface area contributed by atoms with Crippen molar-refractivity contribution in [3.63, 3.8) is 0 Å². The number of hydrogen-bond acceptors (Lipinski definition) is 4. The highest BCUT2D eigenvalue weighted by Gasteiger charge is 2.33. The summed E-state index contributed by atoms with van der Waals surface area (Å²) in [6.45, 7) is 9.08. The van der Waals surface area contributed by atoms with Crippen molar-refractivity contribution in [1.29, 1.82) is 0 Å². The van der Waals surface area contributed by atoms with E-state index in [4.69, 9.17) is 4.74 Å². The molecule has 1 fully saturated rings. The molecule has 0 aromatic carbocycles. The monoisotopic (exact) mass is 286 g/mol. The van der Waals surface area contributed by atoms with Crippen LogP contribution in [0.2, 0.25) is 0 Å². The quantitative estimate of drug-likeness (QED) is 0.795. The van der Waals surface area contributed by atoms with E-state index in [1.807, 2.05) is 0 Å². The smallest absolute Gasteiger partial charge is 0.323 e. The van der Waals surface area contributed by atoms with Crippen molar-refractivity contribution in [2.75, 3.05) is 26.7 Å². The molecule has 0 saturated carbocycles. The maximum atomic E-state index is 11.7. The van der Waals surface area contributed by atoms with Crippen LogP contribution >= 0.6 is 24.8 Å². The van der Waals surface area contributed by atoms with Gasteiger partial charge in [-0.15, -0.1) is 24.8 Å². The first-order valence-corrected chi connectivity index (χ1v) is 5.62. The van der Waals surface area contributed by atoms with E-state index in [1.165, 1.54) is 7.11 Å². The van der Waals surface area contributed by atoms with Gasteiger partial charge in [-0.1, -0.05) is 13.8 Å². The van der Waals surface area contributed by atoms with Crippen LogP contribution in [-0.4, -0.2) is 49.7 Å². The minimum Gasteiger partial charge on any atom is -0.468 e. The van der Waals surface area contributed by atoms with Gasteiger partial charge in [0.1, 0.15) is 6.04 Å². The largest absolute Gasteiger partial charge is 0.468 e. The van der Waals surface area contributed by atoms with E-state index in [0.717, 1.165) is 19.6 Å². The van der Waals surface area contributed by atoms with E-state index in [0.29, 0.717) is 6.04 Å². The molecule has 0 radical (unpaired) electrons. The first kappa shape index (κ1) is 19.3. The summed E-state index contributed by atoms with van der Waals surface area (Å²) in [6.07, 6.45) is 0. The number of methoxy groups -OCH3 is 1. The normalized spacial score (nSPS) is 22.3. The number of carbonyl (C=O) groups excluding carboxylic acids is 1. The van der Waals surface area contributed by atoms with Gasteiger partial charge in [-0.3, -0.25) is 9.69 Å². The zero-order chi connectivity index (χ0) is 11.4. The van der Waals surface area contributed by atoms with Gasteiger partial charge in [0.15, 0.2) is 0 Å². The Kier molecular flexibility index (Phi) is 10.2. The highest BCUT2D eigenvalue weighted by atomic mass is 35.5. The summed E-state index contributed by atoms with van der Waals surface area (Å²) in [5, 5.41) is 3.32. The molecule has 0 spiro atoms. The number of nitrogens with one attached hydrogen (secondary N) is 1. The summed E-state index contributed by atoms with van der Waals surface area (Å²) >= 11 is 0. The molecule has 1 unspecified atom stereocenters. The van der Waals surface area contributed by atoms with E-state index in [1.54, 1.807) is 0 Å². The lowest BCUT2D eigenvalue weighted by atomic mass is 10.00. The molecule has 1 aliphatic rings. The van der Waals surface area contributed by atoms with Gasteiger partial charge in [-0.25, -0.2) is 0 Å². The molecule has 104 valence electrons. The standard InChI is InChI=1S/C11H22N2O2.2ClH/c1-8(2)10(11(14)15-4)13-6-5-12-7-9(13)3;;/h8-10,12H,5-7H2,1-4H3;2*1H/t9-,10?;;/m1../s1. The number of hydrogen-bond donors (Lipinski definition) is 1. The zero-order valence-corrected chi connectivity index (χ0v) is 12.6. The highest BCUT2D eigenvalue weighted by Crippen LogP contribution is 2.16. The lowest BCUT2D eigenvalue weighted by molar-refractivity contribution is -0.150. The molecule has 4 nitrogen and oxygen atoms in total. The lowest BCUT2D eigenvalue weighted by Gasteiger charge is -2.40. The number of ether oxygens (including phenoxy) is 1. The van der Waals surface area contributed by atoms with Gasteiger partial charge in [-0.2, -0.15) is 0 Å². The summed E-state index contributed by atoms with van der Waals surface area (Å²) in [7, 11) is 1.46. The third kappa shape index (κ3) is 5.00. The number of halogens is 2. The second-order valence-corrected chi connectivity index (χ2v) is 4.50. The first-order valence-electron chi connectivity index (χ1n) is 5.62. The first-order chi connectivity index (χ1) is 7.07. The Hall–Kier alpha value is -0.0300. The molecule has 2 atom stereocenters. The van der Waals surface area contributed by atoms with E-state index in [2.05, 4.69) is 31.0 Å². The Morgan fingerprint density at radius 2 is 2.00 bits per heavy atom. The number of piperazine rings is 1. The van der Waals surface area contributed by atoms with Gasteiger partial charge in [0.05, 0.1) is 7.11 Å². The molecule has 1 N–H and O–H groups in total. The molecule has 0 amide bonds. The second-order valence-electron chi connectivity index (χ2n) is 4.50. The molecule has 6 heteroatoms. The van der Waals surface area contributed by atoms with Crippen molar-refractivity contribution in [1.82, 2.24) is 10.2 Å². The van der Waals surface area contributed by atoms with E-state index < -0.39 is 0 Å².